The Labute approximate surface area is 257 Å². The quantitative estimate of drug-likeness (QED) is 0.193. The minimum Gasteiger partial charge on any atom is -0.491 e. The molecule has 4 atom stereocenters. The molecule has 6 rings (SSSR count). The van der Waals surface area contributed by atoms with Crippen LogP contribution >= 0.6 is 0 Å². The van der Waals surface area contributed by atoms with Gasteiger partial charge in [0.15, 0.2) is 11.6 Å². The zero-order valence-electron chi connectivity index (χ0n) is 24.0. The van der Waals surface area contributed by atoms with Crippen LogP contribution < -0.4 is 9.64 Å². The Morgan fingerprint density at radius 2 is 1.52 bits per heavy atom. The summed E-state index contributed by atoms with van der Waals surface area (Å²) in [5.41, 5.74) is -2.48. The fraction of sp³-hybridized carbons (Fsp3) is 0.333. The van der Waals surface area contributed by atoms with Gasteiger partial charge in [-0.25, -0.2) is 4.90 Å². The molecule has 4 aliphatic rings. The van der Waals surface area contributed by atoms with Crippen LogP contribution in [0.25, 0.3) is 0 Å². The molecule has 3 aliphatic carbocycles. The summed E-state index contributed by atoms with van der Waals surface area (Å²) < 4.78 is 87.2. The third-order valence-electron chi connectivity index (χ3n) is 8.97. The van der Waals surface area contributed by atoms with Crippen molar-refractivity contribution in [1.29, 1.82) is 0 Å². The van der Waals surface area contributed by atoms with Gasteiger partial charge in [0.2, 0.25) is 11.8 Å². The number of Topliss-reactive ketones (excluding diaryl/α,β-unsaturated/α-hetero) is 1. The summed E-state index contributed by atoms with van der Waals surface area (Å²) >= 11 is 0. The minimum atomic E-state index is -5.19. The highest BCUT2D eigenvalue weighted by Gasteiger charge is 2.57. The number of fused-ring (bicyclic) bond motifs is 3. The van der Waals surface area contributed by atoms with Gasteiger partial charge in [0.25, 0.3) is 0 Å². The van der Waals surface area contributed by atoms with Gasteiger partial charge in [-0.2, -0.15) is 26.3 Å². The Kier molecular flexibility index (Phi) is 7.57. The number of allylic oxidation sites excluding steroid dienone is 6. The van der Waals surface area contributed by atoms with E-state index in [9.17, 15) is 45.5 Å². The molecule has 0 bridgehead atoms. The number of amides is 2. The lowest BCUT2D eigenvalue weighted by Crippen LogP contribution is -2.39. The number of ketones is 2. The van der Waals surface area contributed by atoms with Crippen molar-refractivity contribution in [1.82, 2.24) is 0 Å². The van der Waals surface area contributed by atoms with Crippen molar-refractivity contribution in [3.05, 3.63) is 93.6 Å². The third kappa shape index (κ3) is 5.16. The second kappa shape index (κ2) is 11.1. The smallest absolute Gasteiger partial charge is 0.416 e. The van der Waals surface area contributed by atoms with Gasteiger partial charge in [-0.3, -0.25) is 19.2 Å². The molecule has 4 unspecified atom stereocenters. The second-order valence-electron chi connectivity index (χ2n) is 11.6. The number of ether oxygens (including phenoxy) is 1. The van der Waals surface area contributed by atoms with E-state index in [2.05, 4.69) is 0 Å². The van der Waals surface area contributed by atoms with Crippen LogP contribution in [0, 0.1) is 17.8 Å². The lowest BCUT2D eigenvalue weighted by molar-refractivity contribution is -0.143. The summed E-state index contributed by atoms with van der Waals surface area (Å²) in [6.45, 7) is 1.32. The normalized spacial score (nSPS) is 24.8. The van der Waals surface area contributed by atoms with E-state index in [0.717, 1.165) is 0 Å². The first-order valence-corrected chi connectivity index (χ1v) is 14.3. The predicted molar refractivity (Wildman–Crippen MR) is 149 cm³/mol. The molecule has 2 aromatic rings. The van der Waals surface area contributed by atoms with Gasteiger partial charge < -0.3 is 9.84 Å². The number of rotatable bonds is 5. The first-order chi connectivity index (χ1) is 21.6. The van der Waals surface area contributed by atoms with Gasteiger partial charge >= 0.3 is 12.4 Å². The van der Waals surface area contributed by atoms with Crippen LogP contribution in [0.4, 0.5) is 32.0 Å². The summed E-state index contributed by atoms with van der Waals surface area (Å²) in [4.78, 5) is 54.7. The second-order valence-corrected chi connectivity index (χ2v) is 11.6. The average molecular weight is 646 g/mol. The molecule has 1 aliphatic heterocycles. The number of aliphatic hydroxyl groups is 1. The molecule has 1 saturated heterocycles. The number of benzene rings is 2. The Morgan fingerprint density at radius 3 is 2.11 bits per heavy atom. The highest BCUT2D eigenvalue weighted by atomic mass is 19.4. The van der Waals surface area contributed by atoms with Crippen molar-refractivity contribution in [3.63, 3.8) is 0 Å². The lowest BCUT2D eigenvalue weighted by Gasteiger charge is -2.42. The number of aliphatic hydroxyl groups excluding tert-OH is 1. The van der Waals surface area contributed by atoms with Crippen LogP contribution in [0.5, 0.6) is 5.75 Å². The van der Waals surface area contributed by atoms with Crippen LogP contribution in [0.3, 0.4) is 0 Å². The van der Waals surface area contributed by atoms with Gasteiger partial charge in [-0.15, -0.1) is 0 Å². The fourth-order valence-electron chi connectivity index (χ4n) is 6.98. The van der Waals surface area contributed by atoms with Gasteiger partial charge in [-0.05, 0) is 67.7 Å². The molecule has 7 nitrogen and oxygen atoms in total. The van der Waals surface area contributed by atoms with E-state index in [1.54, 1.807) is 30.3 Å². The lowest BCUT2D eigenvalue weighted by atomic mass is 9.59. The van der Waals surface area contributed by atoms with Gasteiger partial charge in [-0.1, -0.05) is 23.8 Å². The molecule has 1 heterocycles. The molecule has 13 heteroatoms. The van der Waals surface area contributed by atoms with Gasteiger partial charge in [0.1, 0.15) is 12.4 Å². The van der Waals surface area contributed by atoms with Crippen LogP contribution in [0.15, 0.2) is 76.9 Å². The summed E-state index contributed by atoms with van der Waals surface area (Å²) in [5, 5.41) is 9.06. The number of carbonyl (C=O) groups excluding carboxylic acids is 4. The molecule has 0 saturated carbocycles. The molecule has 0 spiro atoms. The maximum absolute atomic E-state index is 14.0. The van der Waals surface area contributed by atoms with E-state index in [1.165, 1.54) is 13.0 Å². The maximum Gasteiger partial charge on any atom is 0.416 e. The van der Waals surface area contributed by atoms with Crippen molar-refractivity contribution in [3.8, 4) is 5.75 Å². The Balaban J connectivity index is 1.44. The van der Waals surface area contributed by atoms with E-state index in [4.69, 9.17) is 9.84 Å². The van der Waals surface area contributed by atoms with Gasteiger partial charge in [0, 0.05) is 22.6 Å². The van der Waals surface area contributed by atoms with Crippen molar-refractivity contribution in [2.75, 3.05) is 18.1 Å². The van der Waals surface area contributed by atoms with E-state index >= 15 is 0 Å². The first-order valence-electron chi connectivity index (χ1n) is 14.3. The Morgan fingerprint density at radius 1 is 0.891 bits per heavy atom. The van der Waals surface area contributed by atoms with E-state index in [0.29, 0.717) is 33.9 Å². The molecule has 240 valence electrons. The molecule has 1 N–H and O–H groups in total. The predicted octanol–water partition coefficient (Wildman–Crippen LogP) is 5.73. The fourth-order valence-corrected chi connectivity index (χ4v) is 6.98. The molecule has 2 amide bonds. The number of alkyl halides is 6. The molecular formula is C33H25F6NO6. The SMILES string of the molecule is CC1=CC(=O)C2=C(C1=O)C(c1ccc(OCCO)cc1)C1=CCC3C(=O)N(c4cc(C(F)(F)F)cc(C(F)(F)F)c4)C(=O)C3C1C2. The standard InChI is InChI=1S/C33H25F6NO6/c1-15-10-25(42)24-14-23-21(26(28(24)29(15)43)16-2-4-20(5-3-16)46-9-8-41)6-7-22-27(23)31(45)40(30(22)44)19-12-17(32(34,35)36)11-18(13-19)33(37,38)39/h2-6,10-13,22-23,26-27,41H,7-9,14H2,1H3. The van der Waals surface area contributed by atoms with Gasteiger partial charge in [0.05, 0.1) is 35.3 Å². The molecule has 2 aromatic carbocycles. The van der Waals surface area contributed by atoms with E-state index in [1.807, 2.05) is 0 Å². The summed E-state index contributed by atoms with van der Waals surface area (Å²) in [7, 11) is 0. The van der Waals surface area contributed by atoms with Crippen molar-refractivity contribution < 1.29 is 55.4 Å². The number of carbonyl (C=O) groups is 4. The van der Waals surface area contributed by atoms with Crippen LogP contribution in [-0.4, -0.2) is 41.7 Å². The zero-order chi connectivity index (χ0) is 33.3. The number of hydrogen-bond acceptors (Lipinski definition) is 6. The summed E-state index contributed by atoms with van der Waals surface area (Å²) in [6, 6.07) is 7.16. The van der Waals surface area contributed by atoms with Crippen molar-refractivity contribution >= 4 is 29.1 Å². The van der Waals surface area contributed by atoms with Crippen LogP contribution in [0.1, 0.15) is 42.4 Å². The highest BCUT2D eigenvalue weighted by Crippen LogP contribution is 2.56. The number of hydrogen-bond donors (Lipinski definition) is 1. The first kappa shape index (κ1) is 31.5. The zero-order valence-corrected chi connectivity index (χ0v) is 24.0. The largest absolute Gasteiger partial charge is 0.491 e. The van der Waals surface area contributed by atoms with Crippen molar-refractivity contribution in [2.24, 2.45) is 17.8 Å². The van der Waals surface area contributed by atoms with Crippen LogP contribution in [-0.2, 0) is 31.5 Å². The Bertz CT molecular complexity index is 1740. The number of imide groups is 1. The molecule has 0 aromatic heterocycles. The van der Waals surface area contributed by atoms with E-state index < -0.39 is 70.4 Å². The topological polar surface area (TPSA) is 101 Å². The minimum absolute atomic E-state index is 0.0360. The Hall–Kier alpha value is -4.52. The molecule has 0 radical (unpaired) electrons. The van der Waals surface area contributed by atoms with Crippen LogP contribution in [0.2, 0.25) is 0 Å². The third-order valence-corrected chi connectivity index (χ3v) is 8.97. The number of nitrogens with zero attached hydrogens (tertiary/aromatic N) is 1. The van der Waals surface area contributed by atoms with E-state index in [-0.39, 0.29) is 54.6 Å². The maximum atomic E-state index is 14.0. The molecule has 46 heavy (non-hydrogen) atoms. The monoisotopic (exact) mass is 645 g/mol. The molecular weight excluding hydrogens is 620 g/mol. The number of halogens is 6. The average Bonchev–Trinajstić information content (AvgIpc) is 3.26. The summed E-state index contributed by atoms with van der Waals surface area (Å²) in [5.74, 6) is -6.29. The summed E-state index contributed by atoms with van der Waals surface area (Å²) in [6.07, 6.45) is -7.69. The highest BCUT2D eigenvalue weighted by molar-refractivity contribution is 6.25. The van der Waals surface area contributed by atoms with Crippen molar-refractivity contribution in [2.45, 2.75) is 38.0 Å². The molecule has 1 fully saturated rings. The number of anilines is 1.